The van der Waals surface area contributed by atoms with E-state index in [1.54, 1.807) is 7.11 Å². The number of aryl methyl sites for hydroxylation is 2. The fourth-order valence-corrected chi connectivity index (χ4v) is 4.83. The maximum Gasteiger partial charge on any atom is 0.142 e. The van der Waals surface area contributed by atoms with Crippen LogP contribution in [0, 0.1) is 13.8 Å². The van der Waals surface area contributed by atoms with Crippen molar-refractivity contribution in [2.24, 2.45) is 0 Å². The Labute approximate surface area is 227 Å². The summed E-state index contributed by atoms with van der Waals surface area (Å²) in [6.07, 6.45) is 0.826. The Morgan fingerprint density at radius 1 is 0.789 bits per heavy atom. The van der Waals surface area contributed by atoms with Crippen molar-refractivity contribution in [3.05, 3.63) is 102 Å². The zero-order valence-corrected chi connectivity index (χ0v) is 23.5. The van der Waals surface area contributed by atoms with Crippen LogP contribution in [0.2, 0.25) is 0 Å². The van der Waals surface area contributed by atoms with Gasteiger partial charge in [0.05, 0.1) is 5.69 Å². The summed E-state index contributed by atoms with van der Waals surface area (Å²) in [6.45, 7) is 12.0. The first-order chi connectivity index (χ1) is 18.2. The minimum absolute atomic E-state index is 0.187. The Balaban J connectivity index is 1.86. The van der Waals surface area contributed by atoms with Gasteiger partial charge in [-0.05, 0) is 61.6 Å². The van der Waals surface area contributed by atoms with Gasteiger partial charge in [-0.25, -0.2) is 0 Å². The van der Waals surface area contributed by atoms with Crippen LogP contribution in [0.3, 0.4) is 0 Å². The molecule has 0 radical (unpaired) electrons. The third-order valence-corrected chi connectivity index (χ3v) is 6.81. The second kappa shape index (κ2) is 11.7. The molecule has 4 aromatic carbocycles. The zero-order valence-electron chi connectivity index (χ0n) is 23.5. The summed E-state index contributed by atoms with van der Waals surface area (Å²) in [7, 11) is 1.73. The molecule has 0 unspecified atom stereocenters. The van der Waals surface area contributed by atoms with E-state index in [-0.39, 0.29) is 5.41 Å². The summed E-state index contributed by atoms with van der Waals surface area (Å²) in [5.41, 5.74) is 9.25. The first kappa shape index (κ1) is 27.3. The van der Waals surface area contributed by atoms with E-state index in [2.05, 4.69) is 130 Å². The van der Waals surface area contributed by atoms with Crippen LogP contribution in [0.5, 0.6) is 5.75 Å². The number of phenols is 1. The van der Waals surface area contributed by atoms with Crippen molar-refractivity contribution in [3.63, 3.8) is 0 Å². The van der Waals surface area contributed by atoms with Gasteiger partial charge in [0.1, 0.15) is 5.75 Å². The number of nitrogens with one attached hydrogen (secondary N) is 1. The first-order valence-corrected chi connectivity index (χ1v) is 13.3. The van der Waals surface area contributed by atoms with E-state index in [1.165, 1.54) is 5.56 Å². The Hall–Kier alpha value is -3.76. The van der Waals surface area contributed by atoms with E-state index in [0.717, 1.165) is 51.4 Å². The van der Waals surface area contributed by atoms with Gasteiger partial charge in [0.25, 0.3) is 0 Å². The van der Waals surface area contributed by atoms with Gasteiger partial charge >= 0.3 is 0 Å². The summed E-state index contributed by atoms with van der Waals surface area (Å²) in [5, 5.41) is 15.2. The number of aromatic hydroxyl groups is 1. The van der Waals surface area contributed by atoms with Gasteiger partial charge in [-0.15, -0.1) is 0 Å². The molecule has 2 N–H and O–H groups in total. The zero-order chi connectivity index (χ0) is 27.3. The van der Waals surface area contributed by atoms with E-state index in [9.17, 15) is 5.11 Å². The number of anilines is 4. The molecule has 0 fully saturated rings. The number of hydrogen-bond donors (Lipinski definition) is 2. The lowest BCUT2D eigenvalue weighted by Crippen LogP contribution is -2.22. The maximum absolute atomic E-state index is 11.6. The van der Waals surface area contributed by atoms with Crippen molar-refractivity contribution in [2.45, 2.75) is 46.5 Å². The van der Waals surface area contributed by atoms with Gasteiger partial charge in [-0.3, -0.25) is 0 Å². The van der Waals surface area contributed by atoms with Crippen LogP contribution in [-0.4, -0.2) is 25.4 Å². The highest BCUT2D eigenvalue weighted by atomic mass is 16.5. The van der Waals surface area contributed by atoms with Crippen molar-refractivity contribution >= 4 is 22.7 Å². The topological polar surface area (TPSA) is 44.7 Å². The molecule has 4 rings (SSSR count). The maximum atomic E-state index is 11.6. The highest BCUT2D eigenvalue weighted by Gasteiger charge is 2.25. The third-order valence-electron chi connectivity index (χ3n) is 6.81. The average Bonchev–Trinajstić information content (AvgIpc) is 2.89. The molecule has 0 saturated carbocycles. The lowest BCUT2D eigenvalue weighted by atomic mass is 9.84. The second-order valence-electron chi connectivity index (χ2n) is 11.0. The molecule has 0 bridgehead atoms. The quantitative estimate of drug-likeness (QED) is 0.222. The van der Waals surface area contributed by atoms with Crippen LogP contribution in [0.4, 0.5) is 22.7 Å². The van der Waals surface area contributed by atoms with Crippen LogP contribution in [-0.2, 0) is 10.2 Å². The third kappa shape index (κ3) is 6.20. The first-order valence-electron chi connectivity index (χ1n) is 13.3. The fourth-order valence-electron chi connectivity index (χ4n) is 4.83. The lowest BCUT2D eigenvalue weighted by molar-refractivity contribution is 0.196. The summed E-state index contributed by atoms with van der Waals surface area (Å²) in [5.74, 6) is 0.335. The molecule has 0 aliphatic heterocycles. The van der Waals surface area contributed by atoms with Gasteiger partial charge in [0.15, 0.2) is 0 Å². The van der Waals surface area contributed by atoms with Gasteiger partial charge in [-0.2, -0.15) is 0 Å². The molecule has 4 heteroatoms. The minimum atomic E-state index is -0.187. The number of para-hydroxylation sites is 2. The molecule has 0 aromatic heterocycles. The van der Waals surface area contributed by atoms with Crippen molar-refractivity contribution in [1.29, 1.82) is 0 Å². The van der Waals surface area contributed by atoms with Crippen LogP contribution >= 0.6 is 0 Å². The molecule has 198 valence electrons. The number of hydrogen-bond acceptors (Lipinski definition) is 4. The number of ether oxygens (including phenoxy) is 1. The summed E-state index contributed by atoms with van der Waals surface area (Å²) in [6, 6.07) is 29.5. The highest BCUT2D eigenvalue weighted by molar-refractivity contribution is 5.90. The largest absolute Gasteiger partial charge is 0.505 e. The molecular weight excluding hydrogens is 468 g/mol. The summed E-state index contributed by atoms with van der Waals surface area (Å²) in [4.78, 5) is 2.24. The van der Waals surface area contributed by atoms with Crippen LogP contribution in [0.1, 0.15) is 43.9 Å². The number of phenolic OH excluding ortho intramolecular Hbond substituents is 1. The van der Waals surface area contributed by atoms with E-state index in [1.807, 2.05) is 0 Å². The molecule has 0 spiro atoms. The van der Waals surface area contributed by atoms with Crippen molar-refractivity contribution in [3.8, 4) is 16.9 Å². The predicted octanol–water partition coefficient (Wildman–Crippen LogP) is 8.89. The summed E-state index contributed by atoms with van der Waals surface area (Å²) < 4.78 is 5.41. The number of nitrogens with zero attached hydrogens (tertiary/aromatic N) is 1. The molecule has 4 aromatic rings. The van der Waals surface area contributed by atoms with E-state index < -0.39 is 0 Å². The molecule has 0 aliphatic rings. The van der Waals surface area contributed by atoms with E-state index in [4.69, 9.17) is 4.74 Å². The van der Waals surface area contributed by atoms with Gasteiger partial charge in [0.2, 0.25) is 0 Å². The number of methoxy groups -OCH3 is 1. The number of benzene rings is 4. The van der Waals surface area contributed by atoms with Gasteiger partial charge < -0.3 is 20.1 Å². The van der Waals surface area contributed by atoms with Crippen molar-refractivity contribution in [1.82, 2.24) is 0 Å². The summed E-state index contributed by atoms with van der Waals surface area (Å²) >= 11 is 0. The van der Waals surface area contributed by atoms with Crippen molar-refractivity contribution in [2.75, 3.05) is 30.5 Å². The molecule has 0 atom stereocenters. The lowest BCUT2D eigenvalue weighted by Gasteiger charge is -2.31. The van der Waals surface area contributed by atoms with Crippen LogP contribution in [0.15, 0.2) is 84.9 Å². The Morgan fingerprint density at radius 3 is 2.13 bits per heavy atom. The molecule has 4 nitrogen and oxygen atoms in total. The normalized spacial score (nSPS) is 11.4. The second-order valence-corrected chi connectivity index (χ2v) is 11.0. The van der Waals surface area contributed by atoms with E-state index in [0.29, 0.717) is 18.9 Å². The monoisotopic (exact) mass is 508 g/mol. The molecule has 0 heterocycles. The predicted molar refractivity (Wildman–Crippen MR) is 161 cm³/mol. The Kier molecular flexibility index (Phi) is 8.43. The average molecular weight is 509 g/mol. The van der Waals surface area contributed by atoms with Crippen LogP contribution in [0.25, 0.3) is 11.1 Å². The molecule has 0 saturated heterocycles. The van der Waals surface area contributed by atoms with Crippen molar-refractivity contribution < 1.29 is 9.84 Å². The Bertz CT molecular complexity index is 1370. The molecule has 0 aliphatic carbocycles. The van der Waals surface area contributed by atoms with Gasteiger partial charge in [0, 0.05) is 54.0 Å². The number of rotatable bonds is 9. The van der Waals surface area contributed by atoms with Gasteiger partial charge in [-0.1, -0.05) is 80.9 Å². The molecular formula is C34H40N2O2. The Morgan fingerprint density at radius 2 is 1.45 bits per heavy atom. The smallest absolute Gasteiger partial charge is 0.142 e. The van der Waals surface area contributed by atoms with E-state index >= 15 is 0 Å². The SMILES string of the molecule is COCCCN(c1ccccc1-c1ccccc1Nc1ccc(C)cc1)c1cc(C)cc(C(C)(C)C)c1O. The highest BCUT2D eigenvalue weighted by Crippen LogP contribution is 2.45. The minimum Gasteiger partial charge on any atom is -0.505 e. The van der Waals surface area contributed by atoms with Crippen LogP contribution < -0.4 is 10.2 Å². The molecule has 38 heavy (non-hydrogen) atoms. The fraction of sp³-hybridized carbons (Fsp3) is 0.294. The molecule has 0 amide bonds. The standard InChI is InChI=1S/C34H40N2O2/c1-24-16-18-26(19-17-24)35-30-14-9-7-12-27(30)28-13-8-10-15-31(28)36(20-11-21-38-6)32-23-25(2)22-29(33(32)37)34(3,4)5/h7-10,12-19,22-23,35,37H,11,20-21H2,1-6H3.